The fourth-order valence-corrected chi connectivity index (χ4v) is 2.68. The van der Waals surface area contributed by atoms with Crippen molar-refractivity contribution in [2.75, 3.05) is 0 Å². The van der Waals surface area contributed by atoms with Crippen LogP contribution in [0.25, 0.3) is 17.4 Å². The fraction of sp³-hybridized carbons (Fsp3) is 0. The van der Waals surface area contributed by atoms with E-state index in [0.717, 1.165) is 0 Å². The Kier molecular flexibility index (Phi) is 5.04. The lowest BCUT2D eigenvalue weighted by Crippen LogP contribution is -2.01. The number of nitriles is 1. The number of carbonyl (C=O) groups is 1. The van der Waals surface area contributed by atoms with Crippen LogP contribution in [0.4, 0.5) is 0 Å². The van der Waals surface area contributed by atoms with E-state index in [0.29, 0.717) is 32.7 Å². The van der Waals surface area contributed by atoms with Crippen LogP contribution in [0, 0.1) is 11.3 Å². The van der Waals surface area contributed by atoms with Gasteiger partial charge in [-0.05, 0) is 30.3 Å². The Morgan fingerprint density at radius 1 is 1.04 bits per heavy atom. The maximum Gasteiger partial charge on any atom is 0.203 e. The minimum Gasteiger partial charge on any atom is -0.457 e. The summed E-state index contributed by atoms with van der Waals surface area (Å²) in [5.41, 5.74) is 1.07. The summed E-state index contributed by atoms with van der Waals surface area (Å²) in [7, 11) is 0. The van der Waals surface area contributed by atoms with Gasteiger partial charge in [-0.1, -0.05) is 53.5 Å². The van der Waals surface area contributed by atoms with E-state index in [1.54, 1.807) is 60.7 Å². The molecule has 2 aromatic carbocycles. The molecule has 3 aromatic rings. The molecular weight excluding hydrogens is 357 g/mol. The second-order valence-electron chi connectivity index (χ2n) is 5.19. The summed E-state index contributed by atoms with van der Waals surface area (Å²) in [4.78, 5) is 12.4. The number of allylic oxidation sites excluding steroid dienone is 1. The van der Waals surface area contributed by atoms with Gasteiger partial charge in [-0.2, -0.15) is 5.26 Å². The van der Waals surface area contributed by atoms with Gasteiger partial charge in [-0.25, -0.2) is 0 Å². The predicted octanol–water partition coefficient (Wildman–Crippen LogP) is 6.04. The summed E-state index contributed by atoms with van der Waals surface area (Å²) in [5, 5.41) is 10.3. The second-order valence-corrected chi connectivity index (χ2v) is 6.03. The number of furan rings is 1. The normalized spacial score (nSPS) is 11.2. The Morgan fingerprint density at radius 3 is 2.52 bits per heavy atom. The first-order valence-electron chi connectivity index (χ1n) is 7.35. The van der Waals surface area contributed by atoms with Crippen LogP contribution in [-0.4, -0.2) is 5.78 Å². The molecule has 0 spiro atoms. The zero-order valence-corrected chi connectivity index (χ0v) is 14.4. The van der Waals surface area contributed by atoms with Crippen molar-refractivity contribution in [1.82, 2.24) is 0 Å². The molecule has 0 radical (unpaired) electrons. The molecule has 0 unspecified atom stereocenters. The van der Waals surface area contributed by atoms with Crippen LogP contribution in [0.15, 0.2) is 70.7 Å². The number of hydrogen-bond donors (Lipinski definition) is 0. The number of rotatable bonds is 4. The molecular formula is C20H11Cl2NO2. The number of hydrogen-bond acceptors (Lipinski definition) is 3. The van der Waals surface area contributed by atoms with Crippen LogP contribution in [0.1, 0.15) is 16.1 Å². The van der Waals surface area contributed by atoms with E-state index in [4.69, 9.17) is 27.6 Å². The Balaban J connectivity index is 1.94. The molecule has 5 heteroatoms. The highest BCUT2D eigenvalue weighted by Crippen LogP contribution is 2.32. The van der Waals surface area contributed by atoms with E-state index in [2.05, 4.69) is 0 Å². The molecule has 122 valence electrons. The lowest BCUT2D eigenvalue weighted by Gasteiger charge is -2.01. The average Bonchev–Trinajstić information content (AvgIpc) is 3.10. The molecule has 0 aliphatic rings. The number of halogens is 2. The van der Waals surface area contributed by atoms with Gasteiger partial charge in [0.2, 0.25) is 5.78 Å². The van der Waals surface area contributed by atoms with Gasteiger partial charge in [0.15, 0.2) is 0 Å². The molecule has 0 fully saturated rings. The first kappa shape index (κ1) is 17.0. The highest BCUT2D eigenvalue weighted by molar-refractivity contribution is 6.35. The lowest BCUT2D eigenvalue weighted by atomic mass is 10.0. The van der Waals surface area contributed by atoms with E-state index in [9.17, 15) is 10.1 Å². The number of carbonyl (C=O) groups excluding carboxylic acids is 1. The minimum absolute atomic E-state index is 0.00992. The lowest BCUT2D eigenvalue weighted by molar-refractivity contribution is 0.104. The molecule has 0 saturated heterocycles. The van der Waals surface area contributed by atoms with Crippen molar-refractivity contribution in [3.8, 4) is 17.4 Å². The number of benzene rings is 2. The summed E-state index contributed by atoms with van der Waals surface area (Å²) in [6, 6.07) is 19.0. The standard InChI is InChI=1S/C20H11Cl2NO2/c21-15-6-8-18(22)17(11-15)19-9-7-16(25-19)10-14(12-23)20(24)13-4-2-1-3-5-13/h1-11H/b14-10+. The number of ketones is 1. The Bertz CT molecular complexity index is 998. The third-order valence-corrected chi connectivity index (χ3v) is 4.07. The van der Waals surface area contributed by atoms with Crippen molar-refractivity contribution in [2.24, 2.45) is 0 Å². The molecule has 3 rings (SSSR count). The molecule has 0 saturated carbocycles. The first-order valence-corrected chi connectivity index (χ1v) is 8.11. The summed E-state index contributed by atoms with van der Waals surface area (Å²) < 4.78 is 5.70. The summed E-state index contributed by atoms with van der Waals surface area (Å²) in [6.45, 7) is 0. The van der Waals surface area contributed by atoms with Crippen molar-refractivity contribution < 1.29 is 9.21 Å². The zero-order valence-electron chi connectivity index (χ0n) is 12.9. The van der Waals surface area contributed by atoms with Gasteiger partial charge < -0.3 is 4.42 Å². The van der Waals surface area contributed by atoms with E-state index in [-0.39, 0.29) is 11.4 Å². The van der Waals surface area contributed by atoms with Gasteiger partial charge in [-0.15, -0.1) is 0 Å². The van der Waals surface area contributed by atoms with Gasteiger partial charge in [0.05, 0.1) is 5.02 Å². The van der Waals surface area contributed by atoms with E-state index >= 15 is 0 Å². The van der Waals surface area contributed by atoms with Crippen molar-refractivity contribution in [2.45, 2.75) is 0 Å². The van der Waals surface area contributed by atoms with Crippen LogP contribution in [0.2, 0.25) is 10.0 Å². The van der Waals surface area contributed by atoms with Crippen molar-refractivity contribution >= 4 is 35.1 Å². The van der Waals surface area contributed by atoms with Crippen LogP contribution in [0.3, 0.4) is 0 Å². The minimum atomic E-state index is -0.359. The molecule has 0 aliphatic carbocycles. The summed E-state index contributed by atoms with van der Waals surface area (Å²) in [5.74, 6) is 0.525. The third-order valence-electron chi connectivity index (χ3n) is 3.51. The monoisotopic (exact) mass is 367 g/mol. The number of nitrogens with zero attached hydrogens (tertiary/aromatic N) is 1. The van der Waals surface area contributed by atoms with E-state index in [1.807, 2.05) is 6.07 Å². The number of Topliss-reactive ketones (excluding diaryl/α,β-unsaturated/α-hetero) is 1. The highest BCUT2D eigenvalue weighted by Gasteiger charge is 2.14. The Hall–Kier alpha value is -2.80. The smallest absolute Gasteiger partial charge is 0.203 e. The van der Waals surface area contributed by atoms with Gasteiger partial charge >= 0.3 is 0 Å². The largest absolute Gasteiger partial charge is 0.457 e. The molecule has 0 N–H and O–H groups in total. The Morgan fingerprint density at radius 2 is 1.80 bits per heavy atom. The summed E-state index contributed by atoms with van der Waals surface area (Å²) in [6.07, 6.45) is 1.41. The topological polar surface area (TPSA) is 54.0 Å². The molecule has 1 aromatic heterocycles. The van der Waals surface area contributed by atoms with Gasteiger partial charge in [-0.3, -0.25) is 4.79 Å². The van der Waals surface area contributed by atoms with Gasteiger partial charge in [0, 0.05) is 22.2 Å². The fourth-order valence-electron chi connectivity index (χ4n) is 2.30. The molecule has 0 bridgehead atoms. The highest BCUT2D eigenvalue weighted by atomic mass is 35.5. The molecule has 0 amide bonds. The van der Waals surface area contributed by atoms with E-state index in [1.165, 1.54) is 6.08 Å². The Labute approximate surface area is 154 Å². The predicted molar refractivity (Wildman–Crippen MR) is 98.5 cm³/mol. The summed E-state index contributed by atoms with van der Waals surface area (Å²) >= 11 is 12.2. The maximum absolute atomic E-state index is 12.4. The van der Waals surface area contributed by atoms with Gasteiger partial charge in [0.1, 0.15) is 23.2 Å². The van der Waals surface area contributed by atoms with Crippen molar-refractivity contribution in [1.29, 1.82) is 5.26 Å². The molecule has 0 aliphatic heterocycles. The zero-order chi connectivity index (χ0) is 17.8. The van der Waals surface area contributed by atoms with Crippen molar-refractivity contribution in [3.05, 3.63) is 87.6 Å². The van der Waals surface area contributed by atoms with Gasteiger partial charge in [0.25, 0.3) is 0 Å². The SMILES string of the molecule is N#C/C(=C\c1ccc(-c2cc(Cl)ccc2Cl)o1)C(=O)c1ccccc1. The third kappa shape index (κ3) is 3.83. The first-order chi connectivity index (χ1) is 12.1. The maximum atomic E-state index is 12.4. The van der Waals surface area contributed by atoms with Crippen LogP contribution < -0.4 is 0 Å². The quantitative estimate of drug-likeness (QED) is 0.320. The van der Waals surface area contributed by atoms with E-state index < -0.39 is 0 Å². The average molecular weight is 368 g/mol. The van der Waals surface area contributed by atoms with Crippen molar-refractivity contribution in [3.63, 3.8) is 0 Å². The van der Waals surface area contributed by atoms with Crippen LogP contribution in [0.5, 0.6) is 0 Å². The molecule has 0 atom stereocenters. The second kappa shape index (κ2) is 7.40. The molecule has 1 heterocycles. The van der Waals surface area contributed by atoms with Crippen LogP contribution >= 0.6 is 23.2 Å². The van der Waals surface area contributed by atoms with Crippen LogP contribution in [-0.2, 0) is 0 Å². The molecule has 3 nitrogen and oxygen atoms in total. The molecule has 25 heavy (non-hydrogen) atoms.